The van der Waals surface area contributed by atoms with Gasteiger partial charge in [0.2, 0.25) is 5.91 Å². The molecule has 7 nitrogen and oxygen atoms in total. The van der Waals surface area contributed by atoms with Crippen LogP contribution in [0.4, 0.5) is 0 Å². The number of rotatable bonds is 2. The SMILES string of the molecule is O=C(CC1CSc2nc3c(c(=O)n21)CCCC3)N1Cc2cncnc2C1. The van der Waals surface area contributed by atoms with Crippen molar-refractivity contribution in [2.45, 2.75) is 56.4 Å². The third kappa shape index (κ3) is 2.55. The summed E-state index contributed by atoms with van der Waals surface area (Å²) in [5, 5.41) is 0.782. The largest absolute Gasteiger partial charge is 0.332 e. The predicted octanol–water partition coefficient (Wildman–Crippen LogP) is 1.49. The summed E-state index contributed by atoms with van der Waals surface area (Å²) >= 11 is 1.59. The van der Waals surface area contributed by atoms with E-state index in [0.29, 0.717) is 19.5 Å². The average Bonchev–Trinajstić information content (AvgIpc) is 3.26. The Labute approximate surface area is 154 Å². The summed E-state index contributed by atoms with van der Waals surface area (Å²) in [6, 6.07) is -0.107. The molecule has 4 heterocycles. The van der Waals surface area contributed by atoms with Crippen molar-refractivity contribution < 1.29 is 4.79 Å². The summed E-state index contributed by atoms with van der Waals surface area (Å²) in [6.45, 7) is 1.08. The topological polar surface area (TPSA) is 81.0 Å². The smallest absolute Gasteiger partial charge is 0.257 e. The first-order valence-electron chi connectivity index (χ1n) is 9.03. The van der Waals surface area contributed by atoms with E-state index >= 15 is 0 Å². The second-order valence-corrected chi connectivity index (χ2v) is 8.10. The standard InChI is InChI=1S/C18H19N5O2S/c24-16(22-7-11-6-19-10-20-15(11)8-22)5-12-9-26-18-21-14-4-2-1-3-13(14)17(25)23(12)18/h6,10,12H,1-5,7-9H2. The van der Waals surface area contributed by atoms with Gasteiger partial charge in [0.15, 0.2) is 5.16 Å². The first-order valence-corrected chi connectivity index (χ1v) is 10.0. The highest BCUT2D eigenvalue weighted by Gasteiger charge is 2.33. The highest BCUT2D eigenvalue weighted by atomic mass is 32.2. The van der Waals surface area contributed by atoms with E-state index in [1.165, 1.54) is 6.33 Å². The van der Waals surface area contributed by atoms with Crippen LogP contribution >= 0.6 is 11.8 Å². The minimum absolute atomic E-state index is 0.0612. The van der Waals surface area contributed by atoms with Crippen molar-refractivity contribution in [1.82, 2.24) is 24.4 Å². The summed E-state index contributed by atoms with van der Waals surface area (Å²) in [4.78, 5) is 40.6. The zero-order valence-electron chi connectivity index (χ0n) is 14.3. The van der Waals surface area contributed by atoms with Gasteiger partial charge in [-0.1, -0.05) is 11.8 Å². The highest BCUT2D eigenvalue weighted by molar-refractivity contribution is 7.99. The van der Waals surface area contributed by atoms with Crippen LogP contribution in [0.2, 0.25) is 0 Å². The van der Waals surface area contributed by atoms with Crippen molar-refractivity contribution in [3.8, 4) is 0 Å². The van der Waals surface area contributed by atoms with E-state index in [1.54, 1.807) is 27.4 Å². The summed E-state index contributed by atoms with van der Waals surface area (Å²) in [5.41, 5.74) is 3.84. The molecule has 2 aromatic rings. The van der Waals surface area contributed by atoms with Gasteiger partial charge < -0.3 is 4.90 Å². The number of nitrogens with zero attached hydrogens (tertiary/aromatic N) is 5. The summed E-state index contributed by atoms with van der Waals surface area (Å²) < 4.78 is 1.77. The van der Waals surface area contributed by atoms with Crippen LogP contribution in [0, 0.1) is 0 Å². The lowest BCUT2D eigenvalue weighted by molar-refractivity contribution is -0.132. The molecule has 134 valence electrons. The second-order valence-electron chi connectivity index (χ2n) is 7.12. The van der Waals surface area contributed by atoms with Crippen molar-refractivity contribution >= 4 is 17.7 Å². The lowest BCUT2D eigenvalue weighted by Gasteiger charge is -2.21. The van der Waals surface area contributed by atoms with Gasteiger partial charge in [0.1, 0.15) is 6.33 Å². The Morgan fingerprint density at radius 1 is 1.23 bits per heavy atom. The van der Waals surface area contributed by atoms with E-state index in [1.807, 2.05) is 0 Å². The van der Waals surface area contributed by atoms with Crippen molar-refractivity contribution in [3.05, 3.63) is 45.4 Å². The monoisotopic (exact) mass is 369 g/mol. The van der Waals surface area contributed by atoms with E-state index < -0.39 is 0 Å². The molecule has 1 atom stereocenters. The zero-order chi connectivity index (χ0) is 17.7. The quantitative estimate of drug-likeness (QED) is 0.746. The van der Waals surface area contributed by atoms with Crippen molar-refractivity contribution in [1.29, 1.82) is 0 Å². The molecule has 0 fully saturated rings. The number of hydrogen-bond donors (Lipinski definition) is 0. The van der Waals surface area contributed by atoms with Gasteiger partial charge in [-0.05, 0) is 25.7 Å². The van der Waals surface area contributed by atoms with Crippen LogP contribution in [0.15, 0.2) is 22.5 Å². The fourth-order valence-corrected chi connectivity index (χ4v) is 5.23. The lowest BCUT2D eigenvalue weighted by atomic mass is 9.97. The van der Waals surface area contributed by atoms with Gasteiger partial charge in [-0.25, -0.2) is 15.0 Å². The third-order valence-corrected chi connectivity index (χ3v) is 6.57. The molecule has 1 aliphatic carbocycles. The maximum Gasteiger partial charge on any atom is 0.257 e. The number of fused-ring (bicyclic) bond motifs is 3. The Hall–Kier alpha value is -2.22. The molecular formula is C18H19N5O2S. The summed E-state index contributed by atoms with van der Waals surface area (Å²) in [6.07, 6.45) is 7.49. The molecule has 0 N–H and O–H groups in total. The Morgan fingerprint density at radius 2 is 2.12 bits per heavy atom. The minimum atomic E-state index is -0.107. The second kappa shape index (κ2) is 6.19. The first kappa shape index (κ1) is 16.0. The van der Waals surface area contributed by atoms with Gasteiger partial charge in [-0.3, -0.25) is 14.2 Å². The number of aromatic nitrogens is 4. The number of aryl methyl sites for hydroxylation is 1. The Kier molecular flexibility index (Phi) is 3.81. The van der Waals surface area contributed by atoms with Crippen molar-refractivity contribution in [3.63, 3.8) is 0 Å². The Morgan fingerprint density at radius 3 is 3.00 bits per heavy atom. The molecule has 0 saturated heterocycles. The van der Waals surface area contributed by atoms with Crippen LogP contribution in [0.5, 0.6) is 0 Å². The van der Waals surface area contributed by atoms with Gasteiger partial charge in [-0.15, -0.1) is 0 Å². The predicted molar refractivity (Wildman–Crippen MR) is 95.8 cm³/mol. The van der Waals surface area contributed by atoms with E-state index in [-0.39, 0.29) is 17.5 Å². The van der Waals surface area contributed by atoms with E-state index in [9.17, 15) is 9.59 Å². The fraction of sp³-hybridized carbons (Fsp3) is 0.500. The molecule has 0 radical (unpaired) electrons. The molecule has 0 spiro atoms. The van der Waals surface area contributed by atoms with Crippen molar-refractivity contribution in [2.24, 2.45) is 0 Å². The van der Waals surface area contributed by atoms with Gasteiger partial charge in [0.25, 0.3) is 5.56 Å². The van der Waals surface area contributed by atoms with Crippen LogP contribution in [0.1, 0.15) is 47.8 Å². The zero-order valence-corrected chi connectivity index (χ0v) is 15.2. The highest BCUT2D eigenvalue weighted by Crippen LogP contribution is 2.34. The number of carbonyl (C=O) groups excluding carboxylic acids is 1. The molecule has 2 aliphatic heterocycles. The Balaban J connectivity index is 1.38. The first-order chi connectivity index (χ1) is 12.7. The lowest BCUT2D eigenvalue weighted by Crippen LogP contribution is -2.34. The van der Waals surface area contributed by atoms with E-state index in [2.05, 4.69) is 9.97 Å². The number of hydrogen-bond acceptors (Lipinski definition) is 6. The number of thioether (sulfide) groups is 1. The summed E-state index contributed by atoms with van der Waals surface area (Å²) in [5.74, 6) is 0.795. The fourth-order valence-electron chi connectivity index (χ4n) is 4.07. The maximum absolute atomic E-state index is 13.0. The van der Waals surface area contributed by atoms with Gasteiger partial charge >= 0.3 is 0 Å². The van der Waals surface area contributed by atoms with Crippen LogP contribution in [-0.4, -0.2) is 36.1 Å². The number of carbonyl (C=O) groups is 1. The molecular weight excluding hydrogens is 350 g/mol. The Bertz CT molecular complexity index is 932. The van der Waals surface area contributed by atoms with Gasteiger partial charge in [0, 0.05) is 36.0 Å². The van der Waals surface area contributed by atoms with Crippen LogP contribution in [0.3, 0.4) is 0 Å². The van der Waals surface area contributed by atoms with Crippen LogP contribution < -0.4 is 5.56 Å². The van der Waals surface area contributed by atoms with E-state index in [4.69, 9.17) is 4.98 Å². The van der Waals surface area contributed by atoms with Gasteiger partial charge in [0.05, 0.1) is 24.0 Å². The molecule has 1 unspecified atom stereocenters. The molecule has 0 aromatic carbocycles. The molecule has 2 aromatic heterocycles. The van der Waals surface area contributed by atoms with Gasteiger partial charge in [-0.2, -0.15) is 0 Å². The summed E-state index contributed by atoms with van der Waals surface area (Å²) in [7, 11) is 0. The molecule has 26 heavy (non-hydrogen) atoms. The average molecular weight is 369 g/mol. The molecule has 5 rings (SSSR count). The minimum Gasteiger partial charge on any atom is -0.332 e. The third-order valence-electron chi connectivity index (χ3n) is 5.47. The molecule has 8 heteroatoms. The normalized spacial score (nSPS) is 20.6. The van der Waals surface area contributed by atoms with Crippen LogP contribution in [-0.2, 0) is 30.7 Å². The van der Waals surface area contributed by atoms with E-state index in [0.717, 1.165) is 59.1 Å². The van der Waals surface area contributed by atoms with Crippen molar-refractivity contribution in [2.75, 3.05) is 5.75 Å². The molecule has 1 amide bonds. The number of amides is 1. The molecule has 0 bridgehead atoms. The maximum atomic E-state index is 13.0. The molecule has 3 aliphatic rings. The molecule has 0 saturated carbocycles. The van der Waals surface area contributed by atoms with Crippen LogP contribution in [0.25, 0.3) is 0 Å².